The third-order valence-corrected chi connectivity index (χ3v) is 5.34. The van der Waals surface area contributed by atoms with E-state index in [0.717, 1.165) is 18.6 Å². The van der Waals surface area contributed by atoms with Crippen LogP contribution in [0, 0.1) is 0 Å². The van der Waals surface area contributed by atoms with E-state index >= 15 is 0 Å². The van der Waals surface area contributed by atoms with Gasteiger partial charge in [0.15, 0.2) is 0 Å². The molecule has 3 nitrogen and oxygen atoms in total. The van der Waals surface area contributed by atoms with Crippen molar-refractivity contribution in [2.24, 2.45) is 0 Å². The zero-order chi connectivity index (χ0) is 19.7. The number of anilines is 2. The number of ether oxygens (including phenoxy) is 1. The Labute approximate surface area is 168 Å². The first kappa shape index (κ1) is 23.7. The Morgan fingerprint density at radius 3 is 1.67 bits per heavy atom. The first-order valence-corrected chi connectivity index (χ1v) is 11.5. The van der Waals surface area contributed by atoms with Crippen molar-refractivity contribution >= 4 is 11.4 Å². The SMILES string of the molecule is CCCCCCCCCC(CCCCCCCC)Oc1ccc(N)cc1N. The Morgan fingerprint density at radius 1 is 0.704 bits per heavy atom. The predicted molar refractivity (Wildman–Crippen MR) is 120 cm³/mol. The fourth-order valence-corrected chi connectivity index (χ4v) is 3.60. The Bertz CT molecular complexity index is 475. The summed E-state index contributed by atoms with van der Waals surface area (Å²) < 4.78 is 6.29. The van der Waals surface area contributed by atoms with Gasteiger partial charge in [-0.15, -0.1) is 0 Å². The van der Waals surface area contributed by atoms with Crippen molar-refractivity contribution in [2.75, 3.05) is 11.5 Å². The van der Waals surface area contributed by atoms with Crippen LogP contribution in [0.25, 0.3) is 0 Å². The van der Waals surface area contributed by atoms with E-state index in [1.54, 1.807) is 6.07 Å². The van der Waals surface area contributed by atoms with Crippen molar-refractivity contribution in [1.29, 1.82) is 0 Å². The fourth-order valence-electron chi connectivity index (χ4n) is 3.60. The van der Waals surface area contributed by atoms with Gasteiger partial charge < -0.3 is 16.2 Å². The molecule has 0 bridgehead atoms. The third kappa shape index (κ3) is 11.8. The minimum atomic E-state index is 0.276. The van der Waals surface area contributed by atoms with Gasteiger partial charge in [0, 0.05) is 5.69 Å². The lowest BCUT2D eigenvalue weighted by Gasteiger charge is -2.20. The van der Waals surface area contributed by atoms with Crippen molar-refractivity contribution in [3.8, 4) is 5.75 Å². The Morgan fingerprint density at radius 2 is 1.19 bits per heavy atom. The van der Waals surface area contributed by atoms with E-state index in [1.165, 1.54) is 83.5 Å². The second kappa shape index (κ2) is 15.7. The maximum absolute atomic E-state index is 6.29. The molecule has 1 aromatic rings. The van der Waals surface area contributed by atoms with Crippen LogP contribution in [0.5, 0.6) is 5.75 Å². The fraction of sp³-hybridized carbons (Fsp3) is 0.750. The van der Waals surface area contributed by atoms with Gasteiger partial charge >= 0.3 is 0 Å². The zero-order valence-electron chi connectivity index (χ0n) is 18.0. The van der Waals surface area contributed by atoms with Gasteiger partial charge in [-0.3, -0.25) is 0 Å². The van der Waals surface area contributed by atoms with E-state index < -0.39 is 0 Å². The molecule has 0 aliphatic heterocycles. The molecule has 1 rings (SSSR count). The Hall–Kier alpha value is -1.38. The quantitative estimate of drug-likeness (QED) is 0.219. The monoisotopic (exact) mass is 376 g/mol. The third-order valence-electron chi connectivity index (χ3n) is 5.34. The molecule has 0 aromatic heterocycles. The van der Waals surface area contributed by atoms with Gasteiger partial charge in [-0.05, 0) is 43.9 Å². The first-order valence-electron chi connectivity index (χ1n) is 11.5. The minimum Gasteiger partial charge on any atom is -0.488 e. The number of nitrogen functional groups attached to an aromatic ring is 2. The summed E-state index contributed by atoms with van der Waals surface area (Å²) in [5.74, 6) is 0.795. The molecule has 3 heteroatoms. The van der Waals surface area contributed by atoms with Crippen molar-refractivity contribution in [3.05, 3.63) is 18.2 Å². The average Bonchev–Trinajstić information content (AvgIpc) is 2.65. The summed E-state index contributed by atoms with van der Waals surface area (Å²) in [5, 5.41) is 0. The topological polar surface area (TPSA) is 61.3 Å². The molecule has 0 saturated carbocycles. The van der Waals surface area contributed by atoms with E-state index in [-0.39, 0.29) is 6.10 Å². The molecule has 0 heterocycles. The number of hydrogen-bond donors (Lipinski definition) is 2. The van der Waals surface area contributed by atoms with Crippen LogP contribution in [0.15, 0.2) is 18.2 Å². The standard InChI is InChI=1S/C24H44N2O/c1-3-5-7-9-11-13-15-17-22(16-14-12-10-8-6-4-2)27-24-19-18-21(25)20-23(24)26/h18-20,22H,3-17,25-26H2,1-2H3. The molecule has 0 saturated heterocycles. The molecule has 0 fully saturated rings. The summed E-state index contributed by atoms with van der Waals surface area (Å²) in [6, 6.07) is 5.59. The largest absolute Gasteiger partial charge is 0.488 e. The van der Waals surface area contributed by atoms with E-state index in [9.17, 15) is 0 Å². The van der Waals surface area contributed by atoms with Crippen molar-refractivity contribution < 1.29 is 4.74 Å². The zero-order valence-corrected chi connectivity index (χ0v) is 18.0. The van der Waals surface area contributed by atoms with Crippen LogP contribution in [-0.2, 0) is 0 Å². The summed E-state index contributed by atoms with van der Waals surface area (Å²) >= 11 is 0. The molecule has 4 N–H and O–H groups in total. The smallest absolute Gasteiger partial charge is 0.142 e. The summed E-state index contributed by atoms with van der Waals surface area (Å²) in [6.45, 7) is 4.54. The molecule has 1 aromatic carbocycles. The van der Waals surface area contributed by atoms with Crippen LogP contribution < -0.4 is 16.2 Å². The summed E-state index contributed by atoms with van der Waals surface area (Å²) in [4.78, 5) is 0. The van der Waals surface area contributed by atoms with E-state index in [0.29, 0.717) is 11.4 Å². The summed E-state index contributed by atoms with van der Waals surface area (Å²) in [6.07, 6.45) is 19.9. The Balaban J connectivity index is 2.38. The second-order valence-electron chi connectivity index (χ2n) is 8.00. The number of rotatable bonds is 17. The highest BCUT2D eigenvalue weighted by atomic mass is 16.5. The summed E-state index contributed by atoms with van der Waals surface area (Å²) in [7, 11) is 0. The Kier molecular flexibility index (Phi) is 13.7. The predicted octanol–water partition coefficient (Wildman–Crippen LogP) is 7.49. The number of nitrogens with two attached hydrogens (primary N) is 2. The van der Waals surface area contributed by atoms with Crippen LogP contribution in [-0.4, -0.2) is 6.10 Å². The van der Waals surface area contributed by atoms with Crippen LogP contribution >= 0.6 is 0 Å². The van der Waals surface area contributed by atoms with Gasteiger partial charge in [0.2, 0.25) is 0 Å². The molecule has 27 heavy (non-hydrogen) atoms. The normalized spacial score (nSPS) is 12.2. The molecule has 0 aliphatic rings. The molecule has 0 radical (unpaired) electrons. The molecular weight excluding hydrogens is 332 g/mol. The number of hydrogen-bond acceptors (Lipinski definition) is 3. The molecular formula is C24H44N2O. The lowest BCUT2D eigenvalue weighted by Crippen LogP contribution is -2.17. The lowest BCUT2D eigenvalue weighted by atomic mass is 10.0. The highest BCUT2D eigenvalue weighted by Gasteiger charge is 2.12. The highest BCUT2D eigenvalue weighted by molar-refractivity contribution is 5.60. The molecule has 156 valence electrons. The maximum Gasteiger partial charge on any atom is 0.142 e. The van der Waals surface area contributed by atoms with Gasteiger partial charge in [0.1, 0.15) is 5.75 Å². The molecule has 0 spiro atoms. The average molecular weight is 377 g/mol. The van der Waals surface area contributed by atoms with Crippen molar-refractivity contribution in [3.63, 3.8) is 0 Å². The summed E-state index contributed by atoms with van der Waals surface area (Å²) in [5.41, 5.74) is 13.3. The van der Waals surface area contributed by atoms with Crippen LogP contribution in [0.3, 0.4) is 0 Å². The van der Waals surface area contributed by atoms with Crippen LogP contribution in [0.4, 0.5) is 11.4 Å². The van der Waals surface area contributed by atoms with E-state index in [2.05, 4.69) is 13.8 Å². The number of unbranched alkanes of at least 4 members (excludes halogenated alkanes) is 11. The first-order chi connectivity index (χ1) is 13.2. The number of benzene rings is 1. The van der Waals surface area contributed by atoms with Crippen LogP contribution in [0.2, 0.25) is 0 Å². The molecule has 1 atom stereocenters. The van der Waals surface area contributed by atoms with Gasteiger partial charge in [-0.2, -0.15) is 0 Å². The van der Waals surface area contributed by atoms with Crippen molar-refractivity contribution in [1.82, 2.24) is 0 Å². The van der Waals surface area contributed by atoms with E-state index in [1.807, 2.05) is 12.1 Å². The van der Waals surface area contributed by atoms with Crippen LogP contribution in [0.1, 0.15) is 110 Å². The minimum absolute atomic E-state index is 0.276. The maximum atomic E-state index is 6.29. The van der Waals surface area contributed by atoms with Gasteiger partial charge in [0.05, 0.1) is 11.8 Å². The second-order valence-corrected chi connectivity index (χ2v) is 8.00. The van der Waals surface area contributed by atoms with Crippen molar-refractivity contribution in [2.45, 2.75) is 116 Å². The molecule has 1 unspecified atom stereocenters. The molecule has 0 aliphatic carbocycles. The molecule has 0 amide bonds. The highest BCUT2D eigenvalue weighted by Crippen LogP contribution is 2.27. The van der Waals surface area contributed by atoms with E-state index in [4.69, 9.17) is 16.2 Å². The van der Waals surface area contributed by atoms with Gasteiger partial charge in [-0.25, -0.2) is 0 Å². The van der Waals surface area contributed by atoms with Gasteiger partial charge in [0.25, 0.3) is 0 Å². The van der Waals surface area contributed by atoms with Gasteiger partial charge in [-0.1, -0.05) is 84.5 Å². The lowest BCUT2D eigenvalue weighted by molar-refractivity contribution is 0.173.